The highest BCUT2D eigenvalue weighted by Crippen LogP contribution is 2.32. The topological polar surface area (TPSA) is 37.4 Å². The summed E-state index contributed by atoms with van der Waals surface area (Å²) in [7, 11) is 0. The maximum Gasteiger partial charge on any atom is 0.266 e. The highest BCUT2D eigenvalue weighted by molar-refractivity contribution is 14.2. The minimum atomic E-state index is -0.442. The van der Waals surface area contributed by atoms with Crippen molar-refractivity contribution >= 4 is 42.7 Å². The van der Waals surface area contributed by atoms with E-state index in [-0.39, 0.29) is 11.8 Å². The van der Waals surface area contributed by atoms with Gasteiger partial charge in [0.15, 0.2) is 0 Å². The SMILES string of the molecule is C=Ic1ccccc1N1C(=O)c2ccccc2C1=O. The third kappa shape index (κ3) is 1.83. The van der Waals surface area contributed by atoms with Gasteiger partial charge in [-0.2, -0.15) is 0 Å². The van der Waals surface area contributed by atoms with Crippen LogP contribution in [0.15, 0.2) is 48.5 Å². The fraction of sp³-hybridized carbons (Fsp3) is 0. The number of hydrogen-bond donors (Lipinski definition) is 0. The lowest BCUT2D eigenvalue weighted by molar-refractivity contribution is 0.0926. The van der Waals surface area contributed by atoms with Crippen molar-refractivity contribution in [3.63, 3.8) is 0 Å². The second-order valence-electron chi connectivity index (χ2n) is 4.08. The van der Waals surface area contributed by atoms with Crippen molar-refractivity contribution in [3.05, 3.63) is 63.2 Å². The smallest absolute Gasteiger partial charge is 0.266 e. The van der Waals surface area contributed by atoms with E-state index in [1.807, 2.05) is 24.3 Å². The second kappa shape index (κ2) is 4.70. The Morgan fingerprint density at radius 2 is 1.37 bits per heavy atom. The van der Waals surface area contributed by atoms with Gasteiger partial charge < -0.3 is 0 Å². The highest BCUT2D eigenvalue weighted by Gasteiger charge is 2.36. The molecule has 2 aromatic carbocycles. The van der Waals surface area contributed by atoms with Crippen LogP contribution in [0, 0.1) is 3.57 Å². The molecular weight excluding hydrogens is 353 g/mol. The van der Waals surface area contributed by atoms with E-state index in [0.29, 0.717) is 16.8 Å². The van der Waals surface area contributed by atoms with Crippen LogP contribution in [0.1, 0.15) is 20.7 Å². The summed E-state index contributed by atoms with van der Waals surface area (Å²) in [5.74, 6) is -0.490. The number of rotatable bonds is 2. The first-order valence-corrected chi connectivity index (χ1v) is 8.29. The van der Waals surface area contributed by atoms with E-state index in [2.05, 4.69) is 4.51 Å². The number of carbonyl (C=O) groups excluding carboxylic acids is 2. The summed E-state index contributed by atoms with van der Waals surface area (Å²) in [6.07, 6.45) is 0. The van der Waals surface area contributed by atoms with E-state index in [0.717, 1.165) is 3.57 Å². The van der Waals surface area contributed by atoms with Crippen molar-refractivity contribution in [1.29, 1.82) is 0 Å². The largest absolute Gasteiger partial charge is 0.268 e. The summed E-state index contributed by atoms with van der Waals surface area (Å²) >= 11 is -0.442. The molecule has 2 aromatic rings. The maximum atomic E-state index is 12.4. The Morgan fingerprint density at radius 1 is 0.842 bits per heavy atom. The lowest BCUT2D eigenvalue weighted by atomic mass is 10.1. The van der Waals surface area contributed by atoms with Crippen LogP contribution in [-0.2, 0) is 0 Å². The molecule has 3 rings (SSSR count). The second-order valence-corrected chi connectivity index (χ2v) is 6.00. The van der Waals surface area contributed by atoms with Gasteiger partial charge in [-0.15, -0.1) is 0 Å². The van der Waals surface area contributed by atoms with Gasteiger partial charge in [0.2, 0.25) is 0 Å². The summed E-state index contributed by atoms with van der Waals surface area (Å²) in [6.45, 7) is 0. The van der Waals surface area contributed by atoms with Gasteiger partial charge in [-0.3, -0.25) is 9.59 Å². The van der Waals surface area contributed by atoms with Gasteiger partial charge in [-0.25, -0.2) is 4.90 Å². The van der Waals surface area contributed by atoms with E-state index in [9.17, 15) is 9.59 Å². The predicted octanol–water partition coefficient (Wildman–Crippen LogP) is 3.06. The lowest BCUT2D eigenvalue weighted by Crippen LogP contribution is -2.30. The number of carbonyl (C=O) groups is 2. The van der Waals surface area contributed by atoms with Crippen molar-refractivity contribution in [1.82, 2.24) is 0 Å². The Morgan fingerprint density at radius 3 is 1.95 bits per heavy atom. The first-order chi connectivity index (χ1) is 9.24. The zero-order chi connectivity index (χ0) is 13.4. The van der Waals surface area contributed by atoms with Gasteiger partial charge in [0.05, 0.1) is 16.8 Å². The number of anilines is 1. The Balaban J connectivity index is 2.17. The minimum absolute atomic E-state index is 0.245. The predicted molar refractivity (Wildman–Crippen MR) is 83.9 cm³/mol. The molecule has 1 aliphatic rings. The van der Waals surface area contributed by atoms with Crippen LogP contribution in [0.3, 0.4) is 0 Å². The van der Waals surface area contributed by atoms with Crippen LogP contribution >= 0.6 is 20.7 Å². The van der Waals surface area contributed by atoms with Crippen LogP contribution in [0.2, 0.25) is 0 Å². The van der Waals surface area contributed by atoms with Crippen molar-refractivity contribution in [2.24, 2.45) is 0 Å². The molecular formula is C15H10INO2. The number of halogens is 1. The molecule has 0 spiro atoms. The van der Waals surface area contributed by atoms with Gasteiger partial charge in [0.1, 0.15) is 0 Å². The van der Waals surface area contributed by atoms with Crippen LogP contribution in [0.4, 0.5) is 5.69 Å². The highest BCUT2D eigenvalue weighted by atomic mass is 127. The molecule has 0 bridgehead atoms. The Kier molecular flexibility index (Phi) is 3.02. The molecule has 0 N–H and O–H groups in total. The lowest BCUT2D eigenvalue weighted by Gasteiger charge is -2.15. The number of fused-ring (bicyclic) bond motifs is 1. The third-order valence-corrected chi connectivity index (χ3v) is 4.77. The van der Waals surface area contributed by atoms with Crippen molar-refractivity contribution in [3.8, 4) is 0 Å². The van der Waals surface area contributed by atoms with Crippen LogP contribution in [-0.4, -0.2) is 16.3 Å². The van der Waals surface area contributed by atoms with E-state index in [1.54, 1.807) is 24.3 Å². The van der Waals surface area contributed by atoms with Crippen LogP contribution in [0.5, 0.6) is 0 Å². The number of benzene rings is 2. The van der Waals surface area contributed by atoms with Gasteiger partial charge in [-0.1, -0.05) is 49.5 Å². The van der Waals surface area contributed by atoms with Crippen LogP contribution in [0.25, 0.3) is 0 Å². The molecule has 94 valence electrons. The van der Waals surface area contributed by atoms with Gasteiger partial charge in [-0.05, 0) is 24.3 Å². The molecule has 1 aliphatic heterocycles. The molecule has 1 heterocycles. The Bertz CT molecular complexity index is 674. The number of imide groups is 1. The normalized spacial score (nSPS) is 13.8. The molecule has 0 aliphatic carbocycles. The molecule has 4 heteroatoms. The first-order valence-electron chi connectivity index (χ1n) is 5.69. The Labute approximate surface area is 120 Å². The quantitative estimate of drug-likeness (QED) is 0.608. The van der Waals surface area contributed by atoms with Crippen LogP contribution < -0.4 is 4.90 Å². The Hall–Kier alpha value is -1.82. The van der Waals surface area contributed by atoms with E-state index >= 15 is 0 Å². The van der Waals surface area contributed by atoms with Crippen molar-refractivity contribution < 1.29 is 9.59 Å². The summed E-state index contributed by atoms with van der Waals surface area (Å²) in [6, 6.07) is 14.4. The van der Waals surface area contributed by atoms with Gasteiger partial charge >= 0.3 is 0 Å². The van der Waals surface area contributed by atoms with Gasteiger partial charge in [0.25, 0.3) is 11.8 Å². The summed E-state index contributed by atoms with van der Waals surface area (Å²) in [5, 5.41) is 0. The molecule has 2 amide bonds. The molecule has 0 saturated heterocycles. The number of amides is 2. The fourth-order valence-electron chi connectivity index (χ4n) is 2.15. The number of para-hydroxylation sites is 1. The summed E-state index contributed by atoms with van der Waals surface area (Å²) in [5.41, 5.74) is 1.63. The van der Waals surface area contributed by atoms with Crippen molar-refractivity contribution in [2.45, 2.75) is 0 Å². The van der Waals surface area contributed by atoms with E-state index in [1.165, 1.54) is 4.90 Å². The van der Waals surface area contributed by atoms with Crippen molar-refractivity contribution in [2.75, 3.05) is 4.90 Å². The number of hydrogen-bond acceptors (Lipinski definition) is 2. The third-order valence-electron chi connectivity index (χ3n) is 3.03. The molecule has 19 heavy (non-hydrogen) atoms. The average Bonchev–Trinajstić information content (AvgIpc) is 2.71. The standard InChI is InChI=1S/C15H10INO2/c1-16-12-8-4-5-9-13(12)17-14(18)10-6-2-3-7-11(10)15(17)19/h2-9H,1H2. The minimum Gasteiger partial charge on any atom is -0.268 e. The molecule has 3 nitrogen and oxygen atoms in total. The number of nitrogens with zero attached hydrogens (tertiary/aromatic N) is 1. The average molecular weight is 363 g/mol. The van der Waals surface area contributed by atoms with Gasteiger partial charge in [0, 0.05) is 3.57 Å². The monoisotopic (exact) mass is 363 g/mol. The van der Waals surface area contributed by atoms with E-state index < -0.39 is 20.7 Å². The zero-order valence-corrected chi connectivity index (χ0v) is 12.1. The molecule has 0 aromatic heterocycles. The molecule has 0 radical (unpaired) electrons. The molecule has 0 unspecified atom stereocenters. The fourth-order valence-corrected chi connectivity index (χ4v) is 3.43. The van der Waals surface area contributed by atoms with E-state index in [4.69, 9.17) is 0 Å². The zero-order valence-electron chi connectivity index (χ0n) is 9.97. The molecule has 0 atom stereocenters. The maximum absolute atomic E-state index is 12.4. The molecule has 0 saturated carbocycles. The summed E-state index contributed by atoms with van der Waals surface area (Å²) < 4.78 is 4.94. The summed E-state index contributed by atoms with van der Waals surface area (Å²) in [4.78, 5) is 26.0. The first kappa shape index (κ1) is 12.2. The molecule has 0 fully saturated rings.